The molecule has 0 saturated carbocycles. The molecular weight excluding hydrogens is 368 g/mol. The van der Waals surface area contributed by atoms with Crippen LogP contribution in [0.4, 0.5) is 8.78 Å². The molecule has 23 heavy (non-hydrogen) atoms. The van der Waals surface area contributed by atoms with Crippen LogP contribution in [-0.4, -0.2) is 25.2 Å². The van der Waals surface area contributed by atoms with E-state index in [4.69, 9.17) is 0 Å². The van der Waals surface area contributed by atoms with Crippen LogP contribution in [0.2, 0.25) is 0 Å². The summed E-state index contributed by atoms with van der Waals surface area (Å²) in [4.78, 5) is 4.48. The largest absolute Gasteiger partial charge is 0.434 e. The normalized spacial score (nSPS) is 15.3. The van der Waals surface area contributed by atoms with Gasteiger partial charge in [-0.25, -0.2) is 4.99 Å². The van der Waals surface area contributed by atoms with E-state index in [1.54, 1.807) is 12.1 Å². The van der Waals surface area contributed by atoms with Gasteiger partial charge in [0, 0.05) is 22.6 Å². The van der Waals surface area contributed by atoms with Crippen LogP contribution in [0.25, 0.3) is 0 Å². The summed E-state index contributed by atoms with van der Waals surface area (Å²) in [5.41, 5.74) is 0.599. The molecule has 0 atom stereocenters. The number of aliphatic imine (C=N–C) groups is 1. The van der Waals surface area contributed by atoms with E-state index in [1.165, 1.54) is 6.07 Å². The van der Waals surface area contributed by atoms with Crippen molar-refractivity contribution in [2.75, 3.05) is 6.54 Å². The molecule has 0 spiro atoms. The van der Waals surface area contributed by atoms with E-state index in [1.807, 2.05) is 6.92 Å². The lowest BCUT2D eigenvalue weighted by atomic mass is 10.2. The predicted molar refractivity (Wildman–Crippen MR) is 90.9 cm³/mol. The number of nitrogens with zero attached hydrogens (tertiary/aromatic N) is 1. The highest BCUT2D eigenvalue weighted by molar-refractivity contribution is 9.10. The van der Waals surface area contributed by atoms with E-state index in [0.717, 1.165) is 23.9 Å². The fourth-order valence-corrected chi connectivity index (χ4v) is 2.70. The molecule has 0 heterocycles. The maximum absolute atomic E-state index is 12.5. The Bertz CT molecular complexity index is 570. The van der Waals surface area contributed by atoms with Crippen molar-refractivity contribution >= 4 is 21.9 Å². The first-order valence-electron chi connectivity index (χ1n) is 7.51. The number of benzene rings is 1. The summed E-state index contributed by atoms with van der Waals surface area (Å²) in [6.45, 7) is 0.103. The van der Waals surface area contributed by atoms with Crippen LogP contribution in [0.1, 0.15) is 25.3 Å². The van der Waals surface area contributed by atoms with Crippen molar-refractivity contribution in [2.45, 2.75) is 39.0 Å². The molecule has 2 N–H and O–H groups in total. The van der Waals surface area contributed by atoms with Gasteiger partial charge in [0.05, 0.1) is 6.54 Å². The van der Waals surface area contributed by atoms with Gasteiger partial charge < -0.3 is 15.4 Å². The zero-order valence-electron chi connectivity index (χ0n) is 12.9. The first-order valence-corrected chi connectivity index (χ1v) is 8.31. The summed E-state index contributed by atoms with van der Waals surface area (Å²) in [5, 5.41) is 6.50. The number of rotatable bonds is 6. The van der Waals surface area contributed by atoms with Crippen molar-refractivity contribution in [2.24, 2.45) is 4.99 Å². The minimum atomic E-state index is -2.85. The van der Waals surface area contributed by atoms with Gasteiger partial charge in [-0.15, -0.1) is 0 Å². The van der Waals surface area contributed by atoms with Crippen LogP contribution >= 0.6 is 15.9 Å². The van der Waals surface area contributed by atoms with Gasteiger partial charge in [0.1, 0.15) is 5.75 Å². The van der Waals surface area contributed by atoms with E-state index in [-0.39, 0.29) is 12.3 Å². The standard InChI is InChI=1S/C16H20BrF2N3O/c1-2-20-16(22-13-5-3-4-6-13)21-10-11-9-12(17)7-8-14(11)23-15(18)19/h3-4,7-9,13,15H,2,5-6,10H2,1H3,(H2,20,21,22). The average Bonchev–Trinajstić information content (AvgIpc) is 3.00. The summed E-state index contributed by atoms with van der Waals surface area (Å²) < 4.78 is 30.3. The lowest BCUT2D eigenvalue weighted by molar-refractivity contribution is -0.0504. The van der Waals surface area contributed by atoms with E-state index in [2.05, 4.69) is 48.4 Å². The molecule has 1 aliphatic rings. The molecule has 4 nitrogen and oxygen atoms in total. The van der Waals surface area contributed by atoms with E-state index >= 15 is 0 Å². The Balaban J connectivity index is 2.09. The Morgan fingerprint density at radius 2 is 2.13 bits per heavy atom. The lowest BCUT2D eigenvalue weighted by Crippen LogP contribution is -2.42. The summed E-state index contributed by atoms with van der Waals surface area (Å²) in [6, 6.07) is 5.25. The third kappa shape index (κ3) is 5.82. The maximum Gasteiger partial charge on any atom is 0.387 e. The summed E-state index contributed by atoms with van der Waals surface area (Å²) in [5.74, 6) is 0.814. The third-order valence-electron chi connectivity index (χ3n) is 3.34. The van der Waals surface area contributed by atoms with Gasteiger partial charge in [0.25, 0.3) is 0 Å². The molecule has 0 radical (unpaired) electrons. The number of ether oxygens (including phenoxy) is 1. The average molecular weight is 388 g/mol. The topological polar surface area (TPSA) is 45.7 Å². The highest BCUT2D eigenvalue weighted by Crippen LogP contribution is 2.25. The predicted octanol–water partition coefficient (Wildman–Crippen LogP) is 3.82. The van der Waals surface area contributed by atoms with Gasteiger partial charge in [-0.05, 0) is 38.0 Å². The van der Waals surface area contributed by atoms with Gasteiger partial charge in [0.2, 0.25) is 0 Å². The molecule has 126 valence electrons. The smallest absolute Gasteiger partial charge is 0.387 e. The molecule has 0 aliphatic heterocycles. The summed E-state index contributed by atoms with van der Waals surface area (Å²) >= 11 is 3.34. The second-order valence-corrected chi connectivity index (χ2v) is 6.03. The Morgan fingerprint density at radius 3 is 2.78 bits per heavy atom. The molecular formula is C16H20BrF2N3O. The number of hydrogen-bond acceptors (Lipinski definition) is 2. The van der Waals surface area contributed by atoms with Gasteiger partial charge >= 0.3 is 6.61 Å². The van der Waals surface area contributed by atoms with Crippen molar-refractivity contribution in [1.29, 1.82) is 0 Å². The fraction of sp³-hybridized carbons (Fsp3) is 0.438. The van der Waals surface area contributed by atoms with Crippen LogP contribution < -0.4 is 15.4 Å². The Morgan fingerprint density at radius 1 is 1.39 bits per heavy atom. The molecule has 0 bridgehead atoms. The Labute approximate surface area is 143 Å². The Hall–Kier alpha value is -1.63. The van der Waals surface area contributed by atoms with Gasteiger partial charge in [-0.1, -0.05) is 28.1 Å². The monoisotopic (exact) mass is 387 g/mol. The molecule has 0 unspecified atom stereocenters. The van der Waals surface area contributed by atoms with E-state index < -0.39 is 6.61 Å². The van der Waals surface area contributed by atoms with Crippen molar-refractivity contribution in [3.05, 3.63) is 40.4 Å². The fourth-order valence-electron chi connectivity index (χ4n) is 2.30. The van der Waals surface area contributed by atoms with Gasteiger partial charge in [-0.2, -0.15) is 8.78 Å². The van der Waals surface area contributed by atoms with E-state index in [9.17, 15) is 8.78 Å². The number of hydrogen-bond donors (Lipinski definition) is 2. The molecule has 0 fully saturated rings. The zero-order valence-corrected chi connectivity index (χ0v) is 14.4. The van der Waals surface area contributed by atoms with Crippen molar-refractivity contribution in [3.63, 3.8) is 0 Å². The molecule has 0 amide bonds. The highest BCUT2D eigenvalue weighted by atomic mass is 79.9. The maximum atomic E-state index is 12.5. The van der Waals surface area contributed by atoms with Crippen molar-refractivity contribution in [3.8, 4) is 5.75 Å². The summed E-state index contributed by atoms with van der Waals surface area (Å²) in [6.07, 6.45) is 6.18. The van der Waals surface area contributed by atoms with Crippen LogP contribution in [0, 0.1) is 0 Å². The summed E-state index contributed by atoms with van der Waals surface area (Å²) in [7, 11) is 0. The number of guanidine groups is 1. The minimum absolute atomic E-state index is 0.144. The SMILES string of the molecule is CCNC(=NCc1cc(Br)ccc1OC(F)F)NC1CC=CC1. The highest BCUT2D eigenvalue weighted by Gasteiger charge is 2.13. The lowest BCUT2D eigenvalue weighted by Gasteiger charge is -2.17. The molecule has 0 saturated heterocycles. The minimum Gasteiger partial charge on any atom is -0.434 e. The van der Waals surface area contributed by atoms with Gasteiger partial charge in [0.15, 0.2) is 5.96 Å². The second-order valence-electron chi connectivity index (χ2n) is 5.11. The van der Waals surface area contributed by atoms with Crippen LogP contribution in [0.5, 0.6) is 5.75 Å². The van der Waals surface area contributed by atoms with Crippen LogP contribution in [-0.2, 0) is 6.54 Å². The van der Waals surface area contributed by atoms with Crippen molar-refractivity contribution in [1.82, 2.24) is 10.6 Å². The molecule has 1 aliphatic carbocycles. The number of alkyl halides is 2. The molecule has 1 aromatic rings. The third-order valence-corrected chi connectivity index (χ3v) is 3.83. The van der Waals surface area contributed by atoms with Crippen molar-refractivity contribution < 1.29 is 13.5 Å². The molecule has 2 rings (SSSR count). The quantitative estimate of drug-likeness (QED) is 0.443. The number of nitrogens with one attached hydrogen (secondary N) is 2. The first kappa shape index (κ1) is 17.7. The first-order chi connectivity index (χ1) is 11.1. The second kappa shape index (κ2) is 8.86. The van der Waals surface area contributed by atoms with Crippen LogP contribution in [0.3, 0.4) is 0 Å². The van der Waals surface area contributed by atoms with Crippen LogP contribution in [0.15, 0.2) is 39.8 Å². The molecule has 0 aromatic heterocycles. The number of halogens is 3. The molecule has 1 aromatic carbocycles. The zero-order chi connectivity index (χ0) is 16.7. The van der Waals surface area contributed by atoms with Gasteiger partial charge in [-0.3, -0.25) is 0 Å². The molecule has 7 heteroatoms. The Kier molecular flexibility index (Phi) is 6.83. The van der Waals surface area contributed by atoms with E-state index in [0.29, 0.717) is 17.6 Å².